The van der Waals surface area contributed by atoms with Crippen molar-refractivity contribution in [3.8, 4) is 5.75 Å². The second-order valence-corrected chi connectivity index (χ2v) is 4.23. The maximum absolute atomic E-state index is 13.9. The van der Waals surface area contributed by atoms with Crippen LogP contribution in [0.25, 0.3) is 5.70 Å². The lowest BCUT2D eigenvalue weighted by atomic mass is 10.0. The molecular weight excluding hydrogens is 229 g/mol. The molecule has 0 unspecified atom stereocenters. The van der Waals surface area contributed by atoms with Crippen LogP contribution in [0.5, 0.6) is 5.75 Å². The van der Waals surface area contributed by atoms with E-state index in [-0.39, 0.29) is 11.3 Å². The molecule has 0 bridgehead atoms. The molecule has 3 heteroatoms. The van der Waals surface area contributed by atoms with Crippen LogP contribution in [-0.2, 0) is 0 Å². The monoisotopic (exact) mass is 245 g/mol. The number of phenolic OH excluding ortho intramolecular Hbond substituents is 1. The average Bonchev–Trinajstić information content (AvgIpc) is 2.33. The minimum Gasteiger partial charge on any atom is -0.507 e. The summed E-state index contributed by atoms with van der Waals surface area (Å²) in [5, 5.41) is 9.85. The third kappa shape index (κ3) is 1.92. The minimum atomic E-state index is -0.430. The van der Waals surface area contributed by atoms with Crippen LogP contribution in [0.4, 0.5) is 4.39 Å². The van der Waals surface area contributed by atoms with Gasteiger partial charge in [0.05, 0.1) is 11.3 Å². The Morgan fingerprint density at radius 3 is 2.67 bits per heavy atom. The maximum Gasteiger partial charge on any atom is 0.136 e. The van der Waals surface area contributed by atoms with Gasteiger partial charge in [0, 0.05) is 12.2 Å². The van der Waals surface area contributed by atoms with Crippen molar-refractivity contribution in [2.75, 3.05) is 6.54 Å². The minimum absolute atomic E-state index is 0.0551. The predicted octanol–water partition coefficient (Wildman–Crippen LogP) is 3.67. The van der Waals surface area contributed by atoms with Gasteiger partial charge < -0.3 is 10.0 Å². The van der Waals surface area contributed by atoms with Gasteiger partial charge in [-0.2, -0.15) is 0 Å². The molecule has 0 atom stereocenters. The second kappa shape index (κ2) is 4.69. The van der Waals surface area contributed by atoms with Crippen molar-refractivity contribution in [1.29, 1.82) is 0 Å². The molecule has 0 amide bonds. The number of rotatable bonds is 2. The summed E-state index contributed by atoms with van der Waals surface area (Å²) in [7, 11) is 0. The van der Waals surface area contributed by atoms with E-state index in [9.17, 15) is 9.50 Å². The van der Waals surface area contributed by atoms with Gasteiger partial charge in [0.1, 0.15) is 11.6 Å². The van der Waals surface area contributed by atoms with Gasteiger partial charge in [0.2, 0.25) is 0 Å². The zero-order valence-corrected chi connectivity index (χ0v) is 10.6. The van der Waals surface area contributed by atoms with Gasteiger partial charge in [-0.3, -0.25) is 0 Å². The zero-order valence-electron chi connectivity index (χ0n) is 10.6. The molecule has 94 valence electrons. The number of hydrogen-bond donors (Lipinski definition) is 1. The van der Waals surface area contributed by atoms with Crippen LogP contribution in [0.3, 0.4) is 0 Å². The van der Waals surface area contributed by atoms with E-state index >= 15 is 0 Å². The van der Waals surface area contributed by atoms with E-state index in [4.69, 9.17) is 0 Å². The summed E-state index contributed by atoms with van der Waals surface area (Å²) in [6.07, 6.45) is 3.70. The van der Waals surface area contributed by atoms with Gasteiger partial charge in [0.25, 0.3) is 0 Å². The molecular formula is C15H16FNO. The standard InChI is InChI=1S/C15H16FNO/c1-4-17-11(3)10(2)8-9-13(17)15-12(16)6-5-7-14(15)18/h5-9,18H,3-4H2,1-2H3. The van der Waals surface area contributed by atoms with Crippen LogP contribution in [-0.4, -0.2) is 16.6 Å². The quantitative estimate of drug-likeness (QED) is 0.859. The van der Waals surface area contributed by atoms with Crippen LogP contribution in [0.15, 0.2) is 48.2 Å². The normalized spacial score (nSPS) is 15.5. The van der Waals surface area contributed by atoms with Crippen LogP contribution >= 0.6 is 0 Å². The fourth-order valence-corrected chi connectivity index (χ4v) is 2.09. The Kier molecular flexibility index (Phi) is 3.24. The van der Waals surface area contributed by atoms with E-state index in [2.05, 4.69) is 6.58 Å². The van der Waals surface area contributed by atoms with Gasteiger partial charge in [-0.25, -0.2) is 4.39 Å². The summed E-state index contributed by atoms with van der Waals surface area (Å²) in [6, 6.07) is 4.32. The Morgan fingerprint density at radius 1 is 1.33 bits per heavy atom. The molecule has 1 heterocycles. The lowest BCUT2D eigenvalue weighted by Crippen LogP contribution is -2.23. The smallest absolute Gasteiger partial charge is 0.136 e. The molecule has 0 fully saturated rings. The molecule has 0 radical (unpaired) electrons. The summed E-state index contributed by atoms with van der Waals surface area (Å²) in [5.74, 6) is -0.485. The van der Waals surface area contributed by atoms with Crippen molar-refractivity contribution >= 4 is 5.70 Å². The van der Waals surface area contributed by atoms with Crippen molar-refractivity contribution < 1.29 is 9.50 Å². The van der Waals surface area contributed by atoms with Crippen molar-refractivity contribution in [2.45, 2.75) is 13.8 Å². The Hall–Kier alpha value is -2.03. The lowest BCUT2D eigenvalue weighted by Gasteiger charge is -2.31. The number of aromatic hydroxyl groups is 1. The van der Waals surface area contributed by atoms with Crippen LogP contribution < -0.4 is 0 Å². The van der Waals surface area contributed by atoms with Crippen LogP contribution in [0, 0.1) is 5.82 Å². The molecule has 1 N–H and O–H groups in total. The first-order valence-corrected chi connectivity index (χ1v) is 5.89. The van der Waals surface area contributed by atoms with Crippen LogP contribution in [0.2, 0.25) is 0 Å². The second-order valence-electron chi connectivity index (χ2n) is 4.23. The number of hydrogen-bond acceptors (Lipinski definition) is 2. The fourth-order valence-electron chi connectivity index (χ4n) is 2.09. The summed E-state index contributed by atoms with van der Waals surface area (Å²) < 4.78 is 13.9. The first-order chi connectivity index (χ1) is 8.56. The number of phenols is 1. The molecule has 1 aromatic rings. The first-order valence-electron chi connectivity index (χ1n) is 5.89. The van der Waals surface area contributed by atoms with E-state index in [0.717, 1.165) is 11.3 Å². The third-order valence-corrected chi connectivity index (χ3v) is 3.13. The molecule has 0 aliphatic carbocycles. The molecule has 1 aromatic carbocycles. The predicted molar refractivity (Wildman–Crippen MR) is 71.3 cm³/mol. The van der Waals surface area contributed by atoms with Gasteiger partial charge in [-0.05, 0) is 37.6 Å². The van der Waals surface area contributed by atoms with Crippen molar-refractivity contribution in [3.63, 3.8) is 0 Å². The van der Waals surface area contributed by atoms with Gasteiger partial charge >= 0.3 is 0 Å². The number of halogens is 1. The highest BCUT2D eigenvalue weighted by atomic mass is 19.1. The van der Waals surface area contributed by atoms with Crippen LogP contribution in [0.1, 0.15) is 19.4 Å². The maximum atomic E-state index is 13.9. The Balaban J connectivity index is 2.59. The molecule has 0 saturated heterocycles. The first kappa shape index (κ1) is 12.4. The van der Waals surface area contributed by atoms with Crippen molar-refractivity contribution in [1.82, 2.24) is 4.90 Å². The number of nitrogens with zero attached hydrogens (tertiary/aromatic N) is 1. The van der Waals surface area contributed by atoms with E-state index in [1.165, 1.54) is 18.2 Å². The number of benzene rings is 1. The van der Waals surface area contributed by atoms with Crippen molar-refractivity contribution in [3.05, 3.63) is 59.6 Å². The third-order valence-electron chi connectivity index (χ3n) is 3.13. The molecule has 2 nitrogen and oxygen atoms in total. The van der Waals surface area contributed by atoms with E-state index in [1.54, 1.807) is 0 Å². The summed E-state index contributed by atoms with van der Waals surface area (Å²) in [4.78, 5) is 1.90. The molecule has 1 aliphatic rings. The molecule has 18 heavy (non-hydrogen) atoms. The zero-order chi connectivity index (χ0) is 13.3. The van der Waals surface area contributed by atoms with Gasteiger partial charge in [-0.15, -0.1) is 0 Å². The number of likely N-dealkylation sites (N-methyl/N-ethyl adjacent to an activating group) is 1. The van der Waals surface area contributed by atoms with E-state index < -0.39 is 5.82 Å². The topological polar surface area (TPSA) is 23.5 Å². The molecule has 2 rings (SSSR count). The lowest BCUT2D eigenvalue weighted by molar-refractivity contribution is 0.456. The summed E-state index contributed by atoms with van der Waals surface area (Å²) in [5.41, 5.74) is 2.74. The van der Waals surface area contributed by atoms with E-state index in [0.29, 0.717) is 12.2 Å². The average molecular weight is 245 g/mol. The molecule has 0 aromatic heterocycles. The largest absolute Gasteiger partial charge is 0.507 e. The molecule has 0 saturated carbocycles. The fraction of sp³-hybridized carbons (Fsp3) is 0.200. The highest BCUT2D eigenvalue weighted by Gasteiger charge is 2.22. The number of allylic oxidation sites excluding steroid dienone is 3. The summed E-state index contributed by atoms with van der Waals surface area (Å²) in [6.45, 7) is 8.59. The highest BCUT2D eigenvalue weighted by molar-refractivity contribution is 5.74. The van der Waals surface area contributed by atoms with Gasteiger partial charge in [0.15, 0.2) is 0 Å². The van der Waals surface area contributed by atoms with Gasteiger partial charge in [-0.1, -0.05) is 18.7 Å². The van der Waals surface area contributed by atoms with Crippen molar-refractivity contribution in [2.24, 2.45) is 0 Å². The highest BCUT2D eigenvalue weighted by Crippen LogP contribution is 2.35. The SMILES string of the molecule is C=C1C(C)=CC=C(c2c(O)cccc2F)N1CC. The Bertz CT molecular complexity index is 537. The summed E-state index contributed by atoms with van der Waals surface area (Å²) >= 11 is 0. The Labute approximate surface area is 106 Å². The Morgan fingerprint density at radius 2 is 2.06 bits per heavy atom. The van der Waals surface area contributed by atoms with E-state index in [1.807, 2.05) is 30.9 Å². The molecule has 1 aliphatic heterocycles. The molecule has 0 spiro atoms.